The van der Waals surface area contributed by atoms with Crippen LogP contribution in [0.2, 0.25) is 9.49 Å². The fourth-order valence-electron chi connectivity index (χ4n) is 2.84. The van der Waals surface area contributed by atoms with E-state index >= 15 is 0 Å². The van der Waals surface area contributed by atoms with Crippen molar-refractivity contribution in [3.05, 3.63) is 74.3 Å². The van der Waals surface area contributed by atoms with Crippen molar-refractivity contribution in [3.8, 4) is 5.75 Å². The van der Waals surface area contributed by atoms with E-state index in [1.807, 2.05) is 24.0 Å². The van der Waals surface area contributed by atoms with Gasteiger partial charge in [-0.3, -0.25) is 0 Å². The van der Waals surface area contributed by atoms with Crippen LogP contribution in [0.25, 0.3) is 0 Å². The van der Waals surface area contributed by atoms with Crippen LogP contribution in [0.5, 0.6) is 5.75 Å². The normalized spacial score (nSPS) is 10.8. The molecule has 0 amide bonds. The summed E-state index contributed by atoms with van der Waals surface area (Å²) in [5, 5.41) is 0.484. The second-order valence-corrected chi connectivity index (χ2v) is 8.83. The van der Waals surface area contributed by atoms with E-state index in [1.54, 1.807) is 18.3 Å². The van der Waals surface area contributed by atoms with Crippen molar-refractivity contribution in [1.29, 1.82) is 0 Å². The molecular formula is C21H19Cl2F3N4OS. The molecule has 0 spiro atoms. The van der Waals surface area contributed by atoms with E-state index in [-0.39, 0.29) is 6.61 Å². The van der Waals surface area contributed by atoms with E-state index in [4.69, 9.17) is 27.9 Å². The SMILES string of the molecule is Cc1ncnc(N(CCc2ccc(OCCC(F)=C(F)F)cc2)Cc2cnc(Cl)s2)c1Cl. The van der Waals surface area contributed by atoms with E-state index in [9.17, 15) is 13.2 Å². The molecule has 0 aliphatic heterocycles. The molecule has 0 atom stereocenters. The molecule has 3 aromatic rings. The van der Waals surface area contributed by atoms with E-state index in [0.717, 1.165) is 10.4 Å². The second-order valence-electron chi connectivity index (χ2n) is 6.76. The molecule has 0 N–H and O–H groups in total. The predicted octanol–water partition coefficient (Wildman–Crippen LogP) is 6.64. The fourth-order valence-corrected chi connectivity index (χ4v) is 4.05. The lowest BCUT2D eigenvalue weighted by Crippen LogP contribution is -2.26. The number of hydrogen-bond acceptors (Lipinski definition) is 6. The number of thiazole rings is 1. The first-order chi connectivity index (χ1) is 15.3. The molecule has 1 aromatic carbocycles. The number of halogens is 5. The van der Waals surface area contributed by atoms with Crippen LogP contribution in [0, 0.1) is 6.92 Å². The largest absolute Gasteiger partial charge is 0.493 e. The fraction of sp³-hybridized carbons (Fsp3) is 0.286. The van der Waals surface area contributed by atoms with Crippen LogP contribution in [0.1, 0.15) is 22.6 Å². The lowest BCUT2D eigenvalue weighted by Gasteiger charge is -2.24. The maximum Gasteiger partial charge on any atom is 0.301 e. The molecule has 0 aliphatic rings. The van der Waals surface area contributed by atoms with Gasteiger partial charge >= 0.3 is 6.08 Å². The van der Waals surface area contributed by atoms with Crippen LogP contribution in [-0.4, -0.2) is 28.1 Å². The average molecular weight is 503 g/mol. The molecular weight excluding hydrogens is 484 g/mol. The highest BCUT2D eigenvalue weighted by molar-refractivity contribution is 7.15. The van der Waals surface area contributed by atoms with Crippen molar-refractivity contribution in [3.63, 3.8) is 0 Å². The summed E-state index contributed by atoms with van der Waals surface area (Å²) in [4.78, 5) is 15.6. The summed E-state index contributed by atoms with van der Waals surface area (Å²) in [6, 6.07) is 7.17. The van der Waals surface area contributed by atoms with Gasteiger partial charge in [0.1, 0.15) is 17.1 Å². The monoisotopic (exact) mass is 502 g/mol. The van der Waals surface area contributed by atoms with Crippen molar-refractivity contribution in [2.45, 2.75) is 26.3 Å². The standard InChI is InChI=1S/C21H19Cl2F3N4OS/c1-13-18(22)20(29-12-28-13)30(11-16-10-27-21(23)32-16)8-6-14-2-4-15(5-3-14)31-9-7-17(24)19(25)26/h2-5,10,12H,6-9,11H2,1H3. The topological polar surface area (TPSA) is 51.1 Å². The van der Waals surface area contributed by atoms with Gasteiger partial charge in [0.25, 0.3) is 0 Å². The van der Waals surface area contributed by atoms with Crippen LogP contribution >= 0.6 is 34.5 Å². The molecule has 0 bridgehead atoms. The predicted molar refractivity (Wildman–Crippen MR) is 121 cm³/mol. The molecule has 0 fully saturated rings. The maximum absolute atomic E-state index is 12.8. The zero-order valence-electron chi connectivity index (χ0n) is 17.0. The number of aryl methyl sites for hydroxylation is 1. The van der Waals surface area contributed by atoms with Crippen LogP contribution in [0.15, 0.2) is 48.7 Å². The minimum absolute atomic E-state index is 0.167. The van der Waals surface area contributed by atoms with Gasteiger partial charge in [-0.25, -0.2) is 19.3 Å². The van der Waals surface area contributed by atoms with Gasteiger partial charge in [0.15, 0.2) is 16.1 Å². The molecule has 0 saturated carbocycles. The molecule has 0 radical (unpaired) electrons. The molecule has 11 heteroatoms. The van der Waals surface area contributed by atoms with E-state index < -0.39 is 18.3 Å². The molecule has 170 valence electrons. The Morgan fingerprint density at radius 2 is 1.84 bits per heavy atom. The molecule has 2 aromatic heterocycles. The van der Waals surface area contributed by atoms with E-state index in [1.165, 1.54) is 17.7 Å². The third kappa shape index (κ3) is 6.82. The van der Waals surface area contributed by atoms with Gasteiger partial charge in [-0.1, -0.05) is 35.3 Å². The van der Waals surface area contributed by atoms with Crippen molar-refractivity contribution in [2.75, 3.05) is 18.1 Å². The summed E-state index contributed by atoms with van der Waals surface area (Å²) in [5.41, 5.74) is 1.71. The van der Waals surface area contributed by atoms with Crippen molar-refractivity contribution in [2.24, 2.45) is 0 Å². The highest BCUT2D eigenvalue weighted by Gasteiger charge is 2.16. The number of anilines is 1. The van der Waals surface area contributed by atoms with Crippen molar-refractivity contribution < 1.29 is 17.9 Å². The van der Waals surface area contributed by atoms with Crippen molar-refractivity contribution >= 4 is 40.4 Å². The lowest BCUT2D eigenvalue weighted by molar-refractivity contribution is 0.295. The Hall–Kier alpha value is -2.36. The summed E-state index contributed by atoms with van der Waals surface area (Å²) in [6.07, 6.45) is 1.09. The minimum atomic E-state index is -2.31. The number of aromatic nitrogens is 3. The van der Waals surface area contributed by atoms with E-state index in [2.05, 4.69) is 15.0 Å². The first-order valence-electron chi connectivity index (χ1n) is 9.57. The second kappa shape index (κ2) is 11.5. The van der Waals surface area contributed by atoms with Crippen LogP contribution in [0.3, 0.4) is 0 Å². The smallest absolute Gasteiger partial charge is 0.301 e. The van der Waals surface area contributed by atoms with Gasteiger partial charge in [-0.2, -0.15) is 8.78 Å². The Kier molecular flexibility index (Phi) is 8.72. The lowest BCUT2D eigenvalue weighted by atomic mass is 10.1. The molecule has 0 saturated heterocycles. The van der Waals surface area contributed by atoms with Crippen LogP contribution in [0.4, 0.5) is 19.0 Å². The molecule has 2 heterocycles. The van der Waals surface area contributed by atoms with Gasteiger partial charge in [0.2, 0.25) is 0 Å². The Balaban J connectivity index is 1.65. The first kappa shape index (κ1) is 24.3. The Bertz CT molecular complexity index is 1080. The summed E-state index contributed by atoms with van der Waals surface area (Å²) in [7, 11) is 0. The summed E-state index contributed by atoms with van der Waals surface area (Å²) >= 11 is 13.8. The van der Waals surface area contributed by atoms with Gasteiger partial charge in [0.05, 0.1) is 18.8 Å². The Morgan fingerprint density at radius 1 is 1.09 bits per heavy atom. The third-order valence-electron chi connectivity index (χ3n) is 4.51. The zero-order valence-corrected chi connectivity index (χ0v) is 19.3. The quantitative estimate of drug-likeness (QED) is 0.310. The highest BCUT2D eigenvalue weighted by Crippen LogP contribution is 2.28. The van der Waals surface area contributed by atoms with Crippen LogP contribution in [-0.2, 0) is 13.0 Å². The Morgan fingerprint density at radius 3 is 2.50 bits per heavy atom. The minimum Gasteiger partial charge on any atom is -0.493 e. The van der Waals surface area contributed by atoms with Gasteiger partial charge in [-0.05, 0) is 31.0 Å². The first-order valence-corrected chi connectivity index (χ1v) is 11.1. The molecule has 0 aliphatic carbocycles. The maximum atomic E-state index is 12.8. The number of hydrogen-bond donors (Lipinski definition) is 0. The highest BCUT2D eigenvalue weighted by atomic mass is 35.5. The molecule has 3 rings (SSSR count). The molecule has 5 nitrogen and oxygen atoms in total. The van der Waals surface area contributed by atoms with Crippen molar-refractivity contribution in [1.82, 2.24) is 15.0 Å². The number of benzene rings is 1. The zero-order chi connectivity index (χ0) is 23.1. The van der Waals surface area contributed by atoms with Gasteiger partial charge in [-0.15, -0.1) is 11.3 Å². The van der Waals surface area contributed by atoms with Crippen LogP contribution < -0.4 is 9.64 Å². The van der Waals surface area contributed by atoms with Gasteiger partial charge < -0.3 is 9.64 Å². The number of ether oxygens (including phenoxy) is 1. The summed E-state index contributed by atoms with van der Waals surface area (Å²) < 4.78 is 42.8. The summed E-state index contributed by atoms with van der Waals surface area (Å²) in [6.45, 7) is 2.79. The average Bonchev–Trinajstić information content (AvgIpc) is 3.18. The third-order valence-corrected chi connectivity index (χ3v) is 6.05. The van der Waals surface area contributed by atoms with E-state index in [0.29, 0.717) is 46.3 Å². The van der Waals surface area contributed by atoms with Gasteiger partial charge in [0, 0.05) is 24.0 Å². The molecule has 32 heavy (non-hydrogen) atoms. The Labute approximate surface area is 197 Å². The molecule has 0 unspecified atom stereocenters. The number of rotatable bonds is 10. The summed E-state index contributed by atoms with van der Waals surface area (Å²) in [5.74, 6) is -0.354. The number of nitrogens with zero attached hydrogens (tertiary/aromatic N) is 4.